The second-order valence-electron chi connectivity index (χ2n) is 4.73. The zero-order chi connectivity index (χ0) is 13.1. The van der Waals surface area contributed by atoms with Crippen LogP contribution in [0.4, 0.5) is 0 Å². The van der Waals surface area contributed by atoms with Crippen LogP contribution in [0.15, 0.2) is 67.0 Å². The first kappa shape index (κ1) is 11.9. The standard InChI is InChI=1S/C17H16N2/c18-17(12-13-8-10-19-11-9-13)16-7-3-5-14-4-1-2-6-15(14)16/h1-11,17H,12,18H2. The highest BCUT2D eigenvalue weighted by Crippen LogP contribution is 2.25. The molecule has 2 aromatic carbocycles. The lowest BCUT2D eigenvalue weighted by molar-refractivity contribution is 0.727. The Bertz CT molecular complexity index is 672. The Morgan fingerprint density at radius 1 is 0.895 bits per heavy atom. The van der Waals surface area contributed by atoms with Crippen LogP contribution in [0, 0.1) is 0 Å². The Kier molecular flexibility index (Phi) is 3.25. The predicted octanol–water partition coefficient (Wildman–Crippen LogP) is 3.48. The van der Waals surface area contributed by atoms with Crippen molar-refractivity contribution in [3.63, 3.8) is 0 Å². The molecule has 2 nitrogen and oxygen atoms in total. The Morgan fingerprint density at radius 3 is 2.47 bits per heavy atom. The molecular weight excluding hydrogens is 232 g/mol. The Morgan fingerprint density at radius 2 is 1.63 bits per heavy atom. The van der Waals surface area contributed by atoms with Gasteiger partial charge >= 0.3 is 0 Å². The number of hydrogen-bond donors (Lipinski definition) is 1. The minimum Gasteiger partial charge on any atom is -0.324 e. The maximum absolute atomic E-state index is 6.37. The normalized spacial score (nSPS) is 12.5. The van der Waals surface area contributed by atoms with Crippen LogP contribution in [0.1, 0.15) is 17.2 Å². The summed E-state index contributed by atoms with van der Waals surface area (Å²) in [6, 6.07) is 18.7. The summed E-state index contributed by atoms with van der Waals surface area (Å²) in [5, 5.41) is 2.48. The van der Waals surface area contributed by atoms with Crippen molar-refractivity contribution in [3.05, 3.63) is 78.1 Å². The second-order valence-corrected chi connectivity index (χ2v) is 4.73. The first-order chi connectivity index (χ1) is 9.34. The van der Waals surface area contributed by atoms with Gasteiger partial charge in [-0.2, -0.15) is 0 Å². The van der Waals surface area contributed by atoms with E-state index in [-0.39, 0.29) is 6.04 Å². The number of pyridine rings is 1. The summed E-state index contributed by atoms with van der Waals surface area (Å²) >= 11 is 0. The van der Waals surface area contributed by atoms with Crippen molar-refractivity contribution in [2.24, 2.45) is 5.73 Å². The van der Waals surface area contributed by atoms with Crippen molar-refractivity contribution < 1.29 is 0 Å². The summed E-state index contributed by atoms with van der Waals surface area (Å²) < 4.78 is 0. The highest BCUT2D eigenvalue weighted by molar-refractivity contribution is 5.86. The van der Waals surface area contributed by atoms with Gasteiger partial charge in [0.25, 0.3) is 0 Å². The van der Waals surface area contributed by atoms with Crippen molar-refractivity contribution in [3.8, 4) is 0 Å². The quantitative estimate of drug-likeness (QED) is 0.770. The van der Waals surface area contributed by atoms with Gasteiger partial charge in [-0.05, 0) is 40.5 Å². The fraction of sp³-hybridized carbons (Fsp3) is 0.118. The molecule has 1 atom stereocenters. The second kappa shape index (κ2) is 5.21. The van der Waals surface area contributed by atoms with Crippen molar-refractivity contribution in [2.75, 3.05) is 0 Å². The molecule has 0 aliphatic rings. The van der Waals surface area contributed by atoms with Gasteiger partial charge in [0.15, 0.2) is 0 Å². The van der Waals surface area contributed by atoms with Crippen LogP contribution >= 0.6 is 0 Å². The molecule has 1 aromatic heterocycles. The maximum atomic E-state index is 6.37. The molecule has 0 amide bonds. The smallest absolute Gasteiger partial charge is 0.0341 e. The number of rotatable bonds is 3. The van der Waals surface area contributed by atoms with Gasteiger partial charge < -0.3 is 5.73 Å². The van der Waals surface area contributed by atoms with Gasteiger partial charge in [0, 0.05) is 18.4 Å². The first-order valence-electron chi connectivity index (χ1n) is 6.47. The summed E-state index contributed by atoms with van der Waals surface area (Å²) in [6.07, 6.45) is 4.45. The fourth-order valence-electron chi connectivity index (χ4n) is 2.46. The van der Waals surface area contributed by atoms with Gasteiger partial charge in [-0.3, -0.25) is 4.98 Å². The molecule has 1 unspecified atom stereocenters. The van der Waals surface area contributed by atoms with Crippen molar-refractivity contribution in [1.29, 1.82) is 0 Å². The van der Waals surface area contributed by atoms with E-state index in [1.54, 1.807) is 0 Å². The fourth-order valence-corrected chi connectivity index (χ4v) is 2.46. The highest BCUT2D eigenvalue weighted by atomic mass is 14.6. The minimum absolute atomic E-state index is 0.00787. The minimum atomic E-state index is 0.00787. The molecule has 2 N–H and O–H groups in total. The molecule has 94 valence electrons. The van der Waals surface area contributed by atoms with E-state index in [0.717, 1.165) is 6.42 Å². The highest BCUT2D eigenvalue weighted by Gasteiger charge is 2.10. The van der Waals surface area contributed by atoms with Crippen molar-refractivity contribution in [1.82, 2.24) is 4.98 Å². The lowest BCUT2D eigenvalue weighted by Crippen LogP contribution is -2.13. The molecule has 0 saturated carbocycles. The number of benzene rings is 2. The Hall–Kier alpha value is -2.19. The van der Waals surface area contributed by atoms with E-state index >= 15 is 0 Å². The van der Waals surface area contributed by atoms with Gasteiger partial charge in [0.2, 0.25) is 0 Å². The van der Waals surface area contributed by atoms with E-state index in [1.807, 2.05) is 24.5 Å². The van der Waals surface area contributed by atoms with Gasteiger partial charge in [0.05, 0.1) is 0 Å². The van der Waals surface area contributed by atoms with Gasteiger partial charge in [-0.25, -0.2) is 0 Å². The summed E-state index contributed by atoms with van der Waals surface area (Å²) in [5.41, 5.74) is 8.79. The van der Waals surface area contributed by atoms with E-state index in [0.29, 0.717) is 0 Å². The average molecular weight is 248 g/mol. The number of aromatic nitrogens is 1. The lowest BCUT2D eigenvalue weighted by atomic mass is 9.95. The third-order valence-electron chi connectivity index (χ3n) is 3.43. The van der Waals surface area contributed by atoms with E-state index in [4.69, 9.17) is 5.73 Å². The summed E-state index contributed by atoms with van der Waals surface area (Å²) in [4.78, 5) is 4.03. The number of nitrogens with zero attached hydrogens (tertiary/aromatic N) is 1. The summed E-state index contributed by atoms with van der Waals surface area (Å²) in [6.45, 7) is 0. The molecule has 0 aliphatic heterocycles. The molecule has 1 heterocycles. The maximum Gasteiger partial charge on any atom is 0.0341 e. The van der Waals surface area contributed by atoms with Crippen LogP contribution in [0.5, 0.6) is 0 Å². The van der Waals surface area contributed by atoms with E-state index in [1.165, 1.54) is 21.9 Å². The predicted molar refractivity (Wildman–Crippen MR) is 78.8 cm³/mol. The molecule has 0 saturated heterocycles. The average Bonchev–Trinajstić information content (AvgIpc) is 2.47. The molecule has 0 aliphatic carbocycles. The molecule has 3 rings (SSSR count). The topological polar surface area (TPSA) is 38.9 Å². The first-order valence-corrected chi connectivity index (χ1v) is 6.47. The lowest BCUT2D eigenvalue weighted by Gasteiger charge is -2.14. The van der Waals surface area contributed by atoms with Crippen LogP contribution in [-0.2, 0) is 6.42 Å². The summed E-state index contributed by atoms with van der Waals surface area (Å²) in [5.74, 6) is 0. The molecule has 0 bridgehead atoms. The Labute approximate surface area is 112 Å². The molecule has 19 heavy (non-hydrogen) atoms. The SMILES string of the molecule is NC(Cc1ccncc1)c1cccc2ccccc12. The zero-order valence-corrected chi connectivity index (χ0v) is 10.7. The van der Waals surface area contributed by atoms with Crippen LogP contribution in [0.2, 0.25) is 0 Å². The van der Waals surface area contributed by atoms with Crippen molar-refractivity contribution >= 4 is 10.8 Å². The molecule has 2 heteroatoms. The zero-order valence-electron chi connectivity index (χ0n) is 10.7. The van der Waals surface area contributed by atoms with Gasteiger partial charge in [-0.1, -0.05) is 42.5 Å². The third-order valence-corrected chi connectivity index (χ3v) is 3.43. The van der Waals surface area contributed by atoms with Crippen molar-refractivity contribution in [2.45, 2.75) is 12.5 Å². The molecule has 3 aromatic rings. The number of fused-ring (bicyclic) bond motifs is 1. The molecule has 0 fully saturated rings. The summed E-state index contributed by atoms with van der Waals surface area (Å²) in [7, 11) is 0. The third kappa shape index (κ3) is 2.49. The van der Waals surface area contributed by atoms with Gasteiger partial charge in [-0.15, -0.1) is 0 Å². The largest absolute Gasteiger partial charge is 0.324 e. The van der Waals surface area contributed by atoms with E-state index in [2.05, 4.69) is 47.4 Å². The van der Waals surface area contributed by atoms with E-state index < -0.39 is 0 Å². The van der Waals surface area contributed by atoms with Crippen LogP contribution in [0.3, 0.4) is 0 Å². The van der Waals surface area contributed by atoms with Crippen LogP contribution < -0.4 is 5.73 Å². The molecule has 0 radical (unpaired) electrons. The Balaban J connectivity index is 1.96. The van der Waals surface area contributed by atoms with Crippen LogP contribution in [0.25, 0.3) is 10.8 Å². The van der Waals surface area contributed by atoms with E-state index in [9.17, 15) is 0 Å². The monoisotopic (exact) mass is 248 g/mol. The number of nitrogens with two attached hydrogens (primary N) is 1. The number of hydrogen-bond acceptors (Lipinski definition) is 2. The van der Waals surface area contributed by atoms with Crippen LogP contribution in [-0.4, -0.2) is 4.98 Å². The van der Waals surface area contributed by atoms with Gasteiger partial charge in [0.1, 0.15) is 0 Å². The molecular formula is C17H16N2. The molecule has 0 spiro atoms.